The van der Waals surface area contributed by atoms with E-state index in [0.717, 1.165) is 0 Å². The molecular weight excluding hydrogens is 282 g/mol. The normalized spacial score (nSPS) is 9.86. The second-order valence-corrected chi connectivity index (χ2v) is 4.45. The van der Waals surface area contributed by atoms with E-state index in [1.165, 1.54) is 0 Å². The van der Waals surface area contributed by atoms with Gasteiger partial charge in [-0.2, -0.15) is 0 Å². The summed E-state index contributed by atoms with van der Waals surface area (Å²) in [6.07, 6.45) is 0. The third-order valence-corrected chi connectivity index (χ3v) is 2.86. The first kappa shape index (κ1) is 15.7. The van der Waals surface area contributed by atoms with Gasteiger partial charge in [0.05, 0.1) is 13.7 Å². The molecule has 2 aromatic carbocycles. The van der Waals surface area contributed by atoms with Crippen molar-refractivity contribution in [2.45, 2.75) is 0 Å². The van der Waals surface area contributed by atoms with Crippen molar-refractivity contribution in [2.24, 2.45) is 0 Å². The van der Waals surface area contributed by atoms with E-state index < -0.39 is 0 Å². The van der Waals surface area contributed by atoms with Crippen molar-refractivity contribution in [2.75, 3.05) is 26.9 Å². The molecule has 22 heavy (non-hydrogen) atoms. The molecule has 0 atom stereocenters. The molecule has 0 aliphatic carbocycles. The van der Waals surface area contributed by atoms with Crippen molar-refractivity contribution in [1.29, 1.82) is 0 Å². The average molecular weight is 301 g/mol. The Morgan fingerprint density at radius 2 is 1.64 bits per heavy atom. The highest BCUT2D eigenvalue weighted by Crippen LogP contribution is 2.25. The Morgan fingerprint density at radius 3 is 2.36 bits per heavy atom. The second kappa shape index (κ2) is 8.56. The van der Waals surface area contributed by atoms with Crippen LogP contribution in [0, 0.1) is 0 Å². The molecule has 2 rings (SSSR count). The number of hydrogen-bond acceptors (Lipinski definition) is 4. The van der Waals surface area contributed by atoms with Crippen molar-refractivity contribution >= 4 is 5.91 Å². The summed E-state index contributed by atoms with van der Waals surface area (Å²) in [4.78, 5) is 11.6. The molecular formula is C17H19NO4. The molecule has 0 saturated carbocycles. The minimum Gasteiger partial charge on any atom is -0.493 e. The maximum Gasteiger partial charge on any atom is 0.258 e. The van der Waals surface area contributed by atoms with Gasteiger partial charge < -0.3 is 19.5 Å². The number of methoxy groups -OCH3 is 1. The largest absolute Gasteiger partial charge is 0.493 e. The van der Waals surface area contributed by atoms with Gasteiger partial charge in [0, 0.05) is 0 Å². The zero-order valence-electron chi connectivity index (χ0n) is 12.5. The zero-order valence-corrected chi connectivity index (χ0v) is 12.5. The highest BCUT2D eigenvalue weighted by molar-refractivity contribution is 5.77. The molecule has 0 fully saturated rings. The van der Waals surface area contributed by atoms with Crippen LogP contribution < -0.4 is 19.5 Å². The molecule has 5 nitrogen and oxygen atoms in total. The Labute approximate surface area is 129 Å². The van der Waals surface area contributed by atoms with Crippen LogP contribution in [0.5, 0.6) is 17.2 Å². The van der Waals surface area contributed by atoms with E-state index >= 15 is 0 Å². The number of nitrogens with one attached hydrogen (secondary N) is 1. The maximum atomic E-state index is 11.6. The van der Waals surface area contributed by atoms with Gasteiger partial charge in [-0.05, 0) is 24.3 Å². The molecule has 0 unspecified atom stereocenters. The first-order chi connectivity index (χ1) is 10.8. The van der Waals surface area contributed by atoms with Gasteiger partial charge >= 0.3 is 0 Å². The van der Waals surface area contributed by atoms with E-state index in [2.05, 4.69) is 5.32 Å². The third-order valence-electron chi connectivity index (χ3n) is 2.86. The van der Waals surface area contributed by atoms with Crippen molar-refractivity contribution in [3.8, 4) is 17.2 Å². The van der Waals surface area contributed by atoms with Crippen LogP contribution in [0.2, 0.25) is 0 Å². The molecule has 0 bridgehead atoms. The fourth-order valence-electron chi connectivity index (χ4n) is 1.81. The highest BCUT2D eigenvalue weighted by atomic mass is 16.5. The summed E-state index contributed by atoms with van der Waals surface area (Å²) in [5.41, 5.74) is 0. The predicted molar refractivity (Wildman–Crippen MR) is 83.4 cm³/mol. The first-order valence-corrected chi connectivity index (χ1v) is 7.00. The number of amides is 1. The molecule has 1 N–H and O–H groups in total. The lowest BCUT2D eigenvalue weighted by Crippen LogP contribution is -2.32. The number of ether oxygens (including phenoxy) is 3. The van der Waals surface area contributed by atoms with Gasteiger partial charge in [-0.1, -0.05) is 30.3 Å². The van der Waals surface area contributed by atoms with E-state index in [4.69, 9.17) is 14.2 Å². The van der Waals surface area contributed by atoms with Gasteiger partial charge in [-0.15, -0.1) is 0 Å². The monoisotopic (exact) mass is 301 g/mol. The summed E-state index contributed by atoms with van der Waals surface area (Å²) in [5, 5.41) is 2.73. The predicted octanol–water partition coefficient (Wildman–Crippen LogP) is 2.27. The topological polar surface area (TPSA) is 56.8 Å². The van der Waals surface area contributed by atoms with Crippen molar-refractivity contribution < 1.29 is 19.0 Å². The summed E-state index contributed by atoms with van der Waals surface area (Å²) >= 11 is 0. The quantitative estimate of drug-likeness (QED) is 0.760. The van der Waals surface area contributed by atoms with Crippen molar-refractivity contribution in [3.05, 3.63) is 54.6 Å². The van der Waals surface area contributed by atoms with Gasteiger partial charge in [0.15, 0.2) is 18.1 Å². The molecule has 0 saturated heterocycles. The smallest absolute Gasteiger partial charge is 0.258 e. The van der Waals surface area contributed by atoms with E-state index in [9.17, 15) is 4.79 Å². The molecule has 1 amide bonds. The minimum atomic E-state index is -0.188. The van der Waals surface area contributed by atoms with Gasteiger partial charge in [-0.25, -0.2) is 0 Å². The molecule has 0 aliphatic heterocycles. The number of carbonyl (C=O) groups excluding carboxylic acids is 1. The molecule has 0 radical (unpaired) electrons. The van der Waals surface area contributed by atoms with Crippen LogP contribution in [0.1, 0.15) is 0 Å². The zero-order chi connectivity index (χ0) is 15.6. The molecule has 0 heterocycles. The number of hydrogen-bond donors (Lipinski definition) is 1. The standard InChI is InChI=1S/C17H19NO4/c1-20-15-9-5-6-10-16(15)21-12-11-18-17(19)13-22-14-7-3-2-4-8-14/h2-10H,11-13H2,1H3,(H,18,19). The third kappa shape index (κ3) is 5.01. The van der Waals surface area contributed by atoms with E-state index in [-0.39, 0.29) is 12.5 Å². The summed E-state index contributed by atoms with van der Waals surface area (Å²) in [6.45, 7) is 0.741. The number of carbonyl (C=O) groups is 1. The van der Waals surface area contributed by atoms with Gasteiger partial charge in [0.2, 0.25) is 0 Å². The van der Waals surface area contributed by atoms with E-state index in [1.807, 2.05) is 42.5 Å². The summed E-state index contributed by atoms with van der Waals surface area (Å²) < 4.78 is 16.1. The van der Waals surface area contributed by atoms with Crippen LogP contribution in [0.15, 0.2) is 54.6 Å². The summed E-state index contributed by atoms with van der Waals surface area (Å²) in [7, 11) is 1.59. The van der Waals surface area contributed by atoms with Crippen molar-refractivity contribution in [3.63, 3.8) is 0 Å². The molecule has 0 aliphatic rings. The minimum absolute atomic E-state index is 0.0152. The fourth-order valence-corrected chi connectivity index (χ4v) is 1.81. The van der Waals surface area contributed by atoms with E-state index in [0.29, 0.717) is 30.4 Å². The molecule has 0 aromatic heterocycles. The van der Waals surface area contributed by atoms with Crippen LogP contribution in [-0.2, 0) is 4.79 Å². The number of benzene rings is 2. The molecule has 2 aromatic rings. The Bertz CT molecular complexity index is 586. The van der Waals surface area contributed by atoms with Gasteiger partial charge in [-0.3, -0.25) is 4.79 Å². The van der Waals surface area contributed by atoms with Crippen LogP contribution in [-0.4, -0.2) is 32.8 Å². The summed E-state index contributed by atoms with van der Waals surface area (Å²) in [6, 6.07) is 16.6. The Morgan fingerprint density at radius 1 is 0.955 bits per heavy atom. The van der Waals surface area contributed by atoms with Crippen LogP contribution in [0.3, 0.4) is 0 Å². The van der Waals surface area contributed by atoms with Crippen LogP contribution >= 0.6 is 0 Å². The average Bonchev–Trinajstić information content (AvgIpc) is 2.58. The Kier molecular flexibility index (Phi) is 6.11. The van der Waals surface area contributed by atoms with Crippen molar-refractivity contribution in [1.82, 2.24) is 5.32 Å². The van der Waals surface area contributed by atoms with Crippen LogP contribution in [0.4, 0.5) is 0 Å². The van der Waals surface area contributed by atoms with E-state index in [1.54, 1.807) is 19.2 Å². The van der Waals surface area contributed by atoms with Crippen LogP contribution in [0.25, 0.3) is 0 Å². The SMILES string of the molecule is COc1ccccc1OCCNC(=O)COc1ccccc1. The maximum absolute atomic E-state index is 11.6. The lowest BCUT2D eigenvalue weighted by atomic mass is 10.3. The summed E-state index contributed by atoms with van der Waals surface area (Å²) in [5.74, 6) is 1.80. The Balaban J connectivity index is 1.65. The second-order valence-electron chi connectivity index (χ2n) is 4.45. The van der Waals surface area contributed by atoms with Gasteiger partial charge in [0.1, 0.15) is 12.4 Å². The molecule has 116 valence electrons. The lowest BCUT2D eigenvalue weighted by molar-refractivity contribution is -0.123. The first-order valence-electron chi connectivity index (χ1n) is 7.00. The highest BCUT2D eigenvalue weighted by Gasteiger charge is 2.04. The lowest BCUT2D eigenvalue weighted by Gasteiger charge is -2.11. The fraction of sp³-hybridized carbons (Fsp3) is 0.235. The molecule has 0 spiro atoms. The number of para-hydroxylation sites is 3. The Hall–Kier alpha value is -2.69. The van der Waals surface area contributed by atoms with Gasteiger partial charge in [0.25, 0.3) is 5.91 Å². The number of rotatable bonds is 8. The molecule has 5 heteroatoms.